The third kappa shape index (κ3) is 4.44. The number of hydroxylamine groups is 2. The van der Waals surface area contributed by atoms with E-state index < -0.39 is 12.0 Å². The van der Waals surface area contributed by atoms with Crippen molar-refractivity contribution in [3.8, 4) is 0 Å². The number of amides is 1. The molecule has 0 aliphatic carbocycles. The Kier molecular flexibility index (Phi) is 6.41. The number of esters is 1. The number of hydrogen-bond acceptors (Lipinski definition) is 4. The molecular formula is C11H19NO4. The van der Waals surface area contributed by atoms with Gasteiger partial charge in [0.25, 0.3) is 0 Å². The number of hydrogen-bond donors (Lipinski definition) is 0. The Hall–Kier alpha value is -1.36. The van der Waals surface area contributed by atoms with Gasteiger partial charge in [-0.3, -0.25) is 9.63 Å². The lowest BCUT2D eigenvalue weighted by atomic mass is 10.1. The lowest BCUT2D eigenvalue weighted by molar-refractivity contribution is -0.196. The molecule has 0 aliphatic heterocycles. The second kappa shape index (κ2) is 7.00. The summed E-state index contributed by atoms with van der Waals surface area (Å²) in [4.78, 5) is 27.8. The maximum atomic E-state index is 11.6. The van der Waals surface area contributed by atoms with E-state index in [0.29, 0.717) is 6.42 Å². The SMILES string of the molecule is C=C(C)C[C@@H](C(=O)OCC)N(OC)C(C)=O. The maximum Gasteiger partial charge on any atom is 0.331 e. The van der Waals surface area contributed by atoms with Gasteiger partial charge in [-0.2, -0.15) is 0 Å². The molecule has 0 N–H and O–H groups in total. The molecule has 92 valence electrons. The highest BCUT2D eigenvalue weighted by molar-refractivity contribution is 5.82. The number of nitrogens with zero attached hydrogens (tertiary/aromatic N) is 1. The second-order valence-electron chi connectivity index (χ2n) is 3.46. The fourth-order valence-corrected chi connectivity index (χ4v) is 1.31. The van der Waals surface area contributed by atoms with Crippen molar-refractivity contribution >= 4 is 11.9 Å². The van der Waals surface area contributed by atoms with Crippen LogP contribution in [0.15, 0.2) is 12.2 Å². The zero-order valence-electron chi connectivity index (χ0n) is 10.3. The molecule has 0 rings (SSSR count). The van der Waals surface area contributed by atoms with Gasteiger partial charge in [0.1, 0.15) is 0 Å². The molecule has 0 aromatic heterocycles. The zero-order valence-corrected chi connectivity index (χ0v) is 10.3. The van der Waals surface area contributed by atoms with Crippen molar-refractivity contribution in [2.24, 2.45) is 0 Å². The van der Waals surface area contributed by atoms with Crippen LogP contribution in [0.2, 0.25) is 0 Å². The summed E-state index contributed by atoms with van der Waals surface area (Å²) in [6.45, 7) is 8.79. The van der Waals surface area contributed by atoms with Crippen LogP contribution in [0.4, 0.5) is 0 Å². The van der Waals surface area contributed by atoms with E-state index in [9.17, 15) is 9.59 Å². The summed E-state index contributed by atoms with van der Waals surface area (Å²) in [7, 11) is 1.34. The van der Waals surface area contributed by atoms with E-state index >= 15 is 0 Å². The van der Waals surface area contributed by atoms with Crippen LogP contribution in [0, 0.1) is 0 Å². The standard InChI is InChI=1S/C11H19NO4/c1-6-16-11(14)10(7-8(2)3)12(15-5)9(4)13/h10H,2,6-7H2,1,3-5H3/t10-/m0/s1. The van der Waals surface area contributed by atoms with Gasteiger partial charge in [-0.05, 0) is 13.8 Å². The van der Waals surface area contributed by atoms with Crippen LogP contribution in [0.1, 0.15) is 27.2 Å². The molecule has 16 heavy (non-hydrogen) atoms. The summed E-state index contributed by atoms with van der Waals surface area (Å²) in [5.41, 5.74) is 0.779. The van der Waals surface area contributed by atoms with Crippen molar-refractivity contribution in [3.63, 3.8) is 0 Å². The summed E-state index contributed by atoms with van der Waals surface area (Å²) >= 11 is 0. The van der Waals surface area contributed by atoms with Crippen LogP contribution in [-0.2, 0) is 19.2 Å². The Bertz CT molecular complexity index is 275. The lowest BCUT2D eigenvalue weighted by Crippen LogP contribution is -2.44. The van der Waals surface area contributed by atoms with Crippen molar-refractivity contribution in [3.05, 3.63) is 12.2 Å². The summed E-state index contributed by atoms with van der Waals surface area (Å²) in [5.74, 6) is -0.829. The minimum absolute atomic E-state index is 0.265. The fourth-order valence-electron chi connectivity index (χ4n) is 1.31. The fraction of sp³-hybridized carbons (Fsp3) is 0.636. The van der Waals surface area contributed by atoms with E-state index in [1.165, 1.54) is 14.0 Å². The Labute approximate surface area is 96.0 Å². The molecule has 0 saturated heterocycles. The molecule has 0 spiro atoms. The first-order valence-corrected chi connectivity index (χ1v) is 5.08. The molecule has 0 aliphatic rings. The molecule has 5 nitrogen and oxygen atoms in total. The van der Waals surface area contributed by atoms with Crippen LogP contribution >= 0.6 is 0 Å². The van der Waals surface area contributed by atoms with Gasteiger partial charge in [-0.15, -0.1) is 6.58 Å². The molecule has 1 amide bonds. The molecule has 0 aromatic carbocycles. The highest BCUT2D eigenvalue weighted by atomic mass is 16.7. The van der Waals surface area contributed by atoms with Crippen LogP contribution in [0.25, 0.3) is 0 Å². The van der Waals surface area contributed by atoms with Crippen LogP contribution in [0.5, 0.6) is 0 Å². The topological polar surface area (TPSA) is 55.8 Å². The third-order valence-corrected chi connectivity index (χ3v) is 1.89. The van der Waals surface area contributed by atoms with E-state index in [0.717, 1.165) is 10.6 Å². The molecule has 0 aromatic rings. The highest BCUT2D eigenvalue weighted by Gasteiger charge is 2.29. The van der Waals surface area contributed by atoms with E-state index in [2.05, 4.69) is 6.58 Å². The van der Waals surface area contributed by atoms with Gasteiger partial charge in [0.05, 0.1) is 13.7 Å². The van der Waals surface area contributed by atoms with Crippen LogP contribution < -0.4 is 0 Å². The summed E-state index contributed by atoms with van der Waals surface area (Å²) < 4.78 is 4.88. The molecule has 0 fully saturated rings. The van der Waals surface area contributed by atoms with Gasteiger partial charge in [0.15, 0.2) is 6.04 Å². The van der Waals surface area contributed by atoms with Gasteiger partial charge in [-0.1, -0.05) is 5.57 Å². The first-order chi connectivity index (χ1) is 7.43. The van der Waals surface area contributed by atoms with E-state index in [4.69, 9.17) is 9.57 Å². The van der Waals surface area contributed by atoms with Crippen molar-refractivity contribution in [2.45, 2.75) is 33.2 Å². The minimum atomic E-state index is -0.764. The van der Waals surface area contributed by atoms with Crippen LogP contribution in [-0.4, -0.2) is 36.7 Å². The summed E-state index contributed by atoms with van der Waals surface area (Å²) in [6.07, 6.45) is 0.326. The Morgan fingerprint density at radius 2 is 1.94 bits per heavy atom. The molecule has 0 saturated carbocycles. The zero-order chi connectivity index (χ0) is 12.7. The van der Waals surface area contributed by atoms with Crippen molar-refractivity contribution < 1.29 is 19.2 Å². The Balaban J connectivity index is 4.82. The lowest BCUT2D eigenvalue weighted by Gasteiger charge is -2.26. The maximum absolute atomic E-state index is 11.6. The van der Waals surface area contributed by atoms with Gasteiger partial charge in [0.2, 0.25) is 5.91 Å². The molecule has 0 unspecified atom stereocenters. The molecule has 0 bridgehead atoms. The van der Waals surface area contributed by atoms with Crippen molar-refractivity contribution in [1.82, 2.24) is 5.06 Å². The second-order valence-corrected chi connectivity index (χ2v) is 3.46. The predicted octanol–water partition coefficient (Wildman–Crippen LogP) is 1.29. The molecular weight excluding hydrogens is 210 g/mol. The number of ether oxygens (including phenoxy) is 1. The summed E-state index contributed by atoms with van der Waals surface area (Å²) in [6, 6.07) is -0.764. The number of rotatable bonds is 6. The molecule has 0 radical (unpaired) electrons. The van der Waals surface area contributed by atoms with E-state index in [-0.39, 0.29) is 12.5 Å². The predicted molar refractivity (Wildman–Crippen MR) is 59.4 cm³/mol. The molecule has 5 heteroatoms. The quantitative estimate of drug-likeness (QED) is 0.391. The normalized spacial score (nSPS) is 11.8. The van der Waals surface area contributed by atoms with Gasteiger partial charge in [-0.25, -0.2) is 9.86 Å². The number of carbonyl (C=O) groups is 2. The molecule has 1 atom stereocenters. The minimum Gasteiger partial charge on any atom is -0.464 e. The first kappa shape index (κ1) is 14.6. The van der Waals surface area contributed by atoms with E-state index in [1.807, 2.05) is 0 Å². The average Bonchev–Trinajstić information content (AvgIpc) is 2.16. The first-order valence-electron chi connectivity index (χ1n) is 5.08. The van der Waals surface area contributed by atoms with Crippen molar-refractivity contribution in [2.75, 3.05) is 13.7 Å². The molecule has 0 heterocycles. The number of carbonyl (C=O) groups excluding carboxylic acids is 2. The monoisotopic (exact) mass is 229 g/mol. The third-order valence-electron chi connectivity index (χ3n) is 1.89. The Morgan fingerprint density at radius 3 is 2.25 bits per heavy atom. The average molecular weight is 229 g/mol. The Morgan fingerprint density at radius 1 is 1.38 bits per heavy atom. The van der Waals surface area contributed by atoms with Crippen LogP contribution in [0.3, 0.4) is 0 Å². The van der Waals surface area contributed by atoms with Gasteiger partial charge >= 0.3 is 5.97 Å². The smallest absolute Gasteiger partial charge is 0.331 e. The van der Waals surface area contributed by atoms with Gasteiger partial charge < -0.3 is 4.74 Å². The van der Waals surface area contributed by atoms with Gasteiger partial charge in [0, 0.05) is 13.3 Å². The van der Waals surface area contributed by atoms with E-state index in [1.54, 1.807) is 13.8 Å². The van der Waals surface area contributed by atoms with Crippen molar-refractivity contribution in [1.29, 1.82) is 0 Å². The summed E-state index contributed by atoms with van der Waals surface area (Å²) in [5, 5.41) is 1.01. The largest absolute Gasteiger partial charge is 0.464 e. The highest BCUT2D eigenvalue weighted by Crippen LogP contribution is 2.12.